The van der Waals surface area contributed by atoms with Gasteiger partial charge in [-0.05, 0) is 19.4 Å². The summed E-state index contributed by atoms with van der Waals surface area (Å²) in [5, 5.41) is 0. The topological polar surface area (TPSA) is 52.6 Å². The van der Waals surface area contributed by atoms with Crippen LogP contribution in [0.2, 0.25) is 0 Å². The van der Waals surface area contributed by atoms with Gasteiger partial charge in [0.25, 0.3) is 0 Å². The molecule has 0 radical (unpaired) electrons. The maximum Gasteiger partial charge on any atom is 0.165 e. The van der Waals surface area contributed by atoms with Gasteiger partial charge in [-0.1, -0.05) is 12.1 Å². The van der Waals surface area contributed by atoms with E-state index >= 15 is 0 Å². The summed E-state index contributed by atoms with van der Waals surface area (Å²) in [4.78, 5) is 0. The van der Waals surface area contributed by atoms with Gasteiger partial charge in [0, 0.05) is 11.8 Å². The summed E-state index contributed by atoms with van der Waals surface area (Å²) < 4.78 is 33.2. The first-order chi connectivity index (χ1) is 8.98. The summed E-state index contributed by atoms with van der Waals surface area (Å²) in [6.45, 7) is 2.74. The third-order valence-electron chi connectivity index (χ3n) is 2.41. The van der Waals surface area contributed by atoms with Crippen molar-refractivity contribution in [3.63, 3.8) is 0 Å². The Morgan fingerprint density at radius 2 is 2.00 bits per heavy atom. The van der Waals surface area contributed by atoms with Gasteiger partial charge in [0.15, 0.2) is 11.5 Å². The second-order valence-corrected chi connectivity index (χ2v) is 6.67. The Hall–Kier alpha value is -0.940. The molecule has 0 aliphatic heterocycles. The molecule has 0 N–H and O–H groups in total. The van der Waals surface area contributed by atoms with Crippen molar-refractivity contribution in [2.45, 2.75) is 19.2 Å². The molecule has 0 aromatic heterocycles. The minimum atomic E-state index is -2.95. The van der Waals surface area contributed by atoms with Gasteiger partial charge in [-0.15, -0.1) is 11.6 Å². The van der Waals surface area contributed by atoms with E-state index in [1.807, 2.05) is 25.1 Å². The van der Waals surface area contributed by atoms with Crippen LogP contribution in [0.15, 0.2) is 18.2 Å². The predicted molar refractivity (Wildman–Crippen MR) is 77.0 cm³/mol. The molecule has 0 saturated carbocycles. The third kappa shape index (κ3) is 5.70. The minimum absolute atomic E-state index is 0.111. The molecule has 0 aliphatic rings. The second kappa shape index (κ2) is 7.60. The molecule has 4 nitrogen and oxygen atoms in total. The van der Waals surface area contributed by atoms with Gasteiger partial charge in [-0.2, -0.15) is 0 Å². The molecule has 0 bridgehead atoms. The quantitative estimate of drug-likeness (QED) is 0.547. The predicted octanol–water partition coefficient (Wildman–Crippen LogP) is 2.64. The molecule has 1 rings (SSSR count). The fourth-order valence-corrected chi connectivity index (χ4v) is 2.45. The maximum atomic E-state index is 11.0. The Kier molecular flexibility index (Phi) is 6.45. The number of alkyl halides is 1. The second-order valence-electron chi connectivity index (χ2n) is 4.14. The van der Waals surface area contributed by atoms with Crippen LogP contribution in [0, 0.1) is 0 Å². The van der Waals surface area contributed by atoms with Crippen LogP contribution < -0.4 is 9.47 Å². The number of para-hydroxylation sites is 1. The first-order valence-electron chi connectivity index (χ1n) is 6.09. The van der Waals surface area contributed by atoms with E-state index in [1.165, 1.54) is 6.26 Å². The van der Waals surface area contributed by atoms with Crippen molar-refractivity contribution in [2.24, 2.45) is 0 Å². The molecule has 108 valence electrons. The highest BCUT2D eigenvalue weighted by Gasteiger charge is 2.11. The SMILES string of the molecule is CCOc1cccc(CCl)c1OCCCS(C)(=O)=O. The van der Waals surface area contributed by atoms with Crippen molar-refractivity contribution >= 4 is 21.4 Å². The normalized spacial score (nSPS) is 11.3. The van der Waals surface area contributed by atoms with E-state index in [1.54, 1.807) is 0 Å². The molecule has 0 amide bonds. The smallest absolute Gasteiger partial charge is 0.165 e. The Balaban J connectivity index is 2.69. The van der Waals surface area contributed by atoms with Crippen molar-refractivity contribution in [1.29, 1.82) is 0 Å². The molecule has 19 heavy (non-hydrogen) atoms. The first kappa shape index (κ1) is 16.1. The lowest BCUT2D eigenvalue weighted by molar-refractivity contribution is 0.275. The Morgan fingerprint density at radius 3 is 2.58 bits per heavy atom. The van der Waals surface area contributed by atoms with Crippen LogP contribution in [0.5, 0.6) is 11.5 Å². The van der Waals surface area contributed by atoms with E-state index in [-0.39, 0.29) is 5.75 Å². The average molecular weight is 307 g/mol. The van der Waals surface area contributed by atoms with Gasteiger partial charge in [0.1, 0.15) is 9.84 Å². The number of benzene rings is 1. The molecule has 0 aliphatic carbocycles. The van der Waals surface area contributed by atoms with Crippen LogP contribution in [0.4, 0.5) is 0 Å². The van der Waals surface area contributed by atoms with Crippen molar-refractivity contribution in [3.05, 3.63) is 23.8 Å². The van der Waals surface area contributed by atoms with Gasteiger partial charge < -0.3 is 9.47 Å². The zero-order chi connectivity index (χ0) is 14.3. The van der Waals surface area contributed by atoms with E-state index in [0.29, 0.717) is 37.0 Å². The number of rotatable bonds is 8. The van der Waals surface area contributed by atoms with Crippen LogP contribution in [-0.2, 0) is 15.7 Å². The Bertz CT molecular complexity index is 499. The highest BCUT2D eigenvalue weighted by Crippen LogP contribution is 2.32. The summed E-state index contributed by atoms with van der Waals surface area (Å²) in [6.07, 6.45) is 1.66. The van der Waals surface area contributed by atoms with Gasteiger partial charge >= 0.3 is 0 Å². The van der Waals surface area contributed by atoms with Crippen molar-refractivity contribution in [1.82, 2.24) is 0 Å². The van der Waals surface area contributed by atoms with Gasteiger partial charge in [0.05, 0.1) is 24.8 Å². The lowest BCUT2D eigenvalue weighted by atomic mass is 10.2. The first-order valence-corrected chi connectivity index (χ1v) is 8.68. The molecular weight excluding hydrogens is 288 g/mol. The monoisotopic (exact) mass is 306 g/mol. The third-order valence-corrected chi connectivity index (χ3v) is 3.73. The minimum Gasteiger partial charge on any atom is -0.490 e. The summed E-state index contributed by atoms with van der Waals surface area (Å²) in [6, 6.07) is 5.53. The fourth-order valence-electron chi connectivity index (χ4n) is 1.59. The van der Waals surface area contributed by atoms with Crippen LogP contribution in [0.1, 0.15) is 18.9 Å². The lowest BCUT2D eigenvalue weighted by Crippen LogP contribution is -2.09. The number of ether oxygens (including phenoxy) is 2. The van der Waals surface area contributed by atoms with Gasteiger partial charge in [-0.3, -0.25) is 0 Å². The molecular formula is C13H19ClO4S. The van der Waals surface area contributed by atoms with E-state index in [0.717, 1.165) is 5.56 Å². The van der Waals surface area contributed by atoms with E-state index in [4.69, 9.17) is 21.1 Å². The average Bonchev–Trinajstić information content (AvgIpc) is 2.35. The molecule has 6 heteroatoms. The summed E-state index contributed by atoms with van der Waals surface area (Å²) in [5.41, 5.74) is 0.840. The summed E-state index contributed by atoms with van der Waals surface area (Å²) in [5.74, 6) is 1.68. The fraction of sp³-hybridized carbons (Fsp3) is 0.538. The van der Waals surface area contributed by atoms with E-state index in [2.05, 4.69) is 0 Å². The standard InChI is InChI=1S/C13H19ClO4S/c1-3-17-12-7-4-6-11(10-14)13(12)18-8-5-9-19(2,15)16/h4,6-7H,3,5,8-10H2,1-2H3. The number of halogens is 1. The summed E-state index contributed by atoms with van der Waals surface area (Å²) >= 11 is 5.86. The highest BCUT2D eigenvalue weighted by atomic mass is 35.5. The van der Waals surface area contributed by atoms with E-state index < -0.39 is 9.84 Å². The van der Waals surface area contributed by atoms with Gasteiger partial charge in [0.2, 0.25) is 0 Å². The molecule has 0 atom stereocenters. The number of hydrogen-bond acceptors (Lipinski definition) is 4. The zero-order valence-corrected chi connectivity index (χ0v) is 12.8. The Morgan fingerprint density at radius 1 is 1.26 bits per heavy atom. The molecule has 1 aromatic rings. The van der Waals surface area contributed by atoms with Crippen LogP contribution >= 0.6 is 11.6 Å². The molecule has 1 aromatic carbocycles. The molecule has 0 fully saturated rings. The molecule has 0 heterocycles. The van der Waals surface area contributed by atoms with Crippen molar-refractivity contribution < 1.29 is 17.9 Å². The molecule has 0 unspecified atom stereocenters. The van der Waals surface area contributed by atoms with Gasteiger partial charge in [-0.25, -0.2) is 8.42 Å². The van der Waals surface area contributed by atoms with E-state index in [9.17, 15) is 8.42 Å². The Labute approximate surface area is 119 Å². The largest absolute Gasteiger partial charge is 0.490 e. The van der Waals surface area contributed by atoms with Crippen molar-refractivity contribution in [3.8, 4) is 11.5 Å². The molecule has 0 saturated heterocycles. The summed E-state index contributed by atoms with van der Waals surface area (Å²) in [7, 11) is -2.95. The van der Waals surface area contributed by atoms with Crippen LogP contribution in [-0.4, -0.2) is 33.6 Å². The number of sulfone groups is 1. The van der Waals surface area contributed by atoms with Crippen molar-refractivity contribution in [2.75, 3.05) is 25.2 Å². The van der Waals surface area contributed by atoms with Crippen LogP contribution in [0.3, 0.4) is 0 Å². The highest BCUT2D eigenvalue weighted by molar-refractivity contribution is 7.90. The lowest BCUT2D eigenvalue weighted by Gasteiger charge is -2.14. The van der Waals surface area contributed by atoms with Crippen LogP contribution in [0.25, 0.3) is 0 Å². The maximum absolute atomic E-state index is 11.0. The number of hydrogen-bond donors (Lipinski definition) is 0. The zero-order valence-electron chi connectivity index (χ0n) is 11.2. The molecule has 0 spiro atoms.